The topological polar surface area (TPSA) is 35.2 Å². The van der Waals surface area contributed by atoms with E-state index in [0.29, 0.717) is 5.56 Å². The lowest BCUT2D eigenvalue weighted by atomic mass is 10.0. The van der Waals surface area contributed by atoms with Gasteiger partial charge >= 0.3 is 0 Å². The Kier molecular flexibility index (Phi) is 3.45. The van der Waals surface area contributed by atoms with Gasteiger partial charge in [0.05, 0.1) is 13.2 Å². The average Bonchev–Trinajstić information content (AvgIpc) is 2.80. The van der Waals surface area contributed by atoms with Gasteiger partial charge in [-0.25, -0.2) is 4.39 Å². The predicted octanol–water partition coefficient (Wildman–Crippen LogP) is 3.25. The SMILES string of the molecule is COc1csc(C(N)c2ccc(F)c(C)c2)c1. The molecule has 0 amide bonds. The summed E-state index contributed by atoms with van der Waals surface area (Å²) < 4.78 is 18.3. The lowest BCUT2D eigenvalue weighted by Gasteiger charge is -2.10. The van der Waals surface area contributed by atoms with Gasteiger partial charge in [-0.1, -0.05) is 12.1 Å². The van der Waals surface area contributed by atoms with Crippen LogP contribution in [0.4, 0.5) is 4.39 Å². The van der Waals surface area contributed by atoms with Crippen molar-refractivity contribution in [2.24, 2.45) is 5.73 Å². The molecule has 0 fully saturated rings. The summed E-state index contributed by atoms with van der Waals surface area (Å²) in [6.07, 6.45) is 0. The minimum Gasteiger partial charge on any atom is -0.496 e. The third-order valence-electron chi connectivity index (χ3n) is 2.68. The number of thiophene rings is 1. The first kappa shape index (κ1) is 12.1. The molecule has 2 rings (SSSR count). The number of ether oxygens (including phenoxy) is 1. The highest BCUT2D eigenvalue weighted by Gasteiger charge is 2.13. The van der Waals surface area contributed by atoms with Crippen LogP contribution < -0.4 is 10.5 Å². The van der Waals surface area contributed by atoms with E-state index in [4.69, 9.17) is 10.5 Å². The van der Waals surface area contributed by atoms with Gasteiger partial charge in [-0.3, -0.25) is 0 Å². The van der Waals surface area contributed by atoms with Crippen molar-refractivity contribution in [2.75, 3.05) is 7.11 Å². The second kappa shape index (κ2) is 4.85. The average molecular weight is 251 g/mol. The summed E-state index contributed by atoms with van der Waals surface area (Å²) >= 11 is 1.54. The van der Waals surface area contributed by atoms with E-state index in [1.807, 2.05) is 11.4 Å². The first-order valence-corrected chi connectivity index (χ1v) is 6.14. The van der Waals surface area contributed by atoms with E-state index < -0.39 is 0 Å². The molecule has 0 saturated heterocycles. The van der Waals surface area contributed by atoms with Gasteiger partial charge < -0.3 is 10.5 Å². The van der Waals surface area contributed by atoms with E-state index in [2.05, 4.69) is 0 Å². The standard InChI is InChI=1S/C13H14FNOS/c1-8-5-9(3-4-11(8)14)13(15)12-6-10(16-2)7-17-12/h3-7,13H,15H2,1-2H3. The van der Waals surface area contributed by atoms with Crippen molar-refractivity contribution >= 4 is 11.3 Å². The molecule has 0 aliphatic carbocycles. The maximum absolute atomic E-state index is 13.2. The Morgan fingerprint density at radius 3 is 2.71 bits per heavy atom. The van der Waals surface area contributed by atoms with Gasteiger partial charge in [-0.05, 0) is 30.2 Å². The van der Waals surface area contributed by atoms with Crippen LogP contribution in [0, 0.1) is 12.7 Å². The number of benzene rings is 1. The number of nitrogens with two attached hydrogens (primary N) is 1. The molecule has 2 nitrogen and oxygen atoms in total. The largest absolute Gasteiger partial charge is 0.496 e. The van der Waals surface area contributed by atoms with Crippen LogP contribution in [0.15, 0.2) is 29.6 Å². The van der Waals surface area contributed by atoms with E-state index in [1.54, 1.807) is 37.5 Å². The van der Waals surface area contributed by atoms with E-state index in [0.717, 1.165) is 16.2 Å². The van der Waals surface area contributed by atoms with Crippen molar-refractivity contribution in [1.29, 1.82) is 0 Å². The first-order valence-electron chi connectivity index (χ1n) is 5.26. The fourth-order valence-corrected chi connectivity index (χ4v) is 2.51. The Bertz CT molecular complexity index is 524. The molecule has 17 heavy (non-hydrogen) atoms. The molecule has 0 spiro atoms. The lowest BCUT2D eigenvalue weighted by molar-refractivity contribution is 0.416. The molecule has 0 radical (unpaired) electrons. The second-order valence-electron chi connectivity index (χ2n) is 3.88. The number of halogens is 1. The smallest absolute Gasteiger partial charge is 0.129 e. The number of methoxy groups -OCH3 is 1. The van der Waals surface area contributed by atoms with Crippen LogP contribution in [-0.4, -0.2) is 7.11 Å². The van der Waals surface area contributed by atoms with Crippen LogP contribution in [0.25, 0.3) is 0 Å². The van der Waals surface area contributed by atoms with E-state index in [9.17, 15) is 4.39 Å². The quantitative estimate of drug-likeness (QED) is 0.908. The van der Waals surface area contributed by atoms with Gasteiger partial charge in [0, 0.05) is 10.3 Å². The fourth-order valence-electron chi connectivity index (χ4n) is 1.63. The Morgan fingerprint density at radius 1 is 1.35 bits per heavy atom. The summed E-state index contributed by atoms with van der Waals surface area (Å²) in [5, 5.41) is 1.91. The van der Waals surface area contributed by atoms with Crippen molar-refractivity contribution in [3.05, 3.63) is 51.5 Å². The zero-order valence-corrected chi connectivity index (χ0v) is 10.6. The van der Waals surface area contributed by atoms with Gasteiger partial charge in [0.1, 0.15) is 11.6 Å². The molecule has 1 aromatic carbocycles. The Morgan fingerprint density at radius 2 is 2.12 bits per heavy atom. The van der Waals surface area contributed by atoms with Crippen LogP contribution in [0.3, 0.4) is 0 Å². The van der Waals surface area contributed by atoms with E-state index >= 15 is 0 Å². The normalized spacial score (nSPS) is 12.5. The Hall–Kier alpha value is -1.39. The highest BCUT2D eigenvalue weighted by Crippen LogP contribution is 2.29. The highest BCUT2D eigenvalue weighted by atomic mass is 32.1. The van der Waals surface area contributed by atoms with Crippen molar-refractivity contribution in [1.82, 2.24) is 0 Å². The minimum absolute atomic E-state index is 0.204. The van der Waals surface area contributed by atoms with Gasteiger partial charge in [0.15, 0.2) is 0 Å². The molecule has 2 N–H and O–H groups in total. The van der Waals surface area contributed by atoms with Crippen molar-refractivity contribution in [3.8, 4) is 5.75 Å². The molecule has 2 aromatic rings. The maximum atomic E-state index is 13.2. The lowest BCUT2D eigenvalue weighted by Crippen LogP contribution is -2.10. The number of hydrogen-bond donors (Lipinski definition) is 1. The summed E-state index contributed by atoms with van der Waals surface area (Å²) in [4.78, 5) is 1.01. The molecule has 1 unspecified atom stereocenters. The van der Waals surface area contributed by atoms with Crippen LogP contribution in [-0.2, 0) is 0 Å². The third kappa shape index (κ3) is 2.48. The van der Waals surface area contributed by atoms with Gasteiger partial charge in [0.25, 0.3) is 0 Å². The molecule has 0 aliphatic heterocycles. The van der Waals surface area contributed by atoms with Gasteiger partial charge in [-0.15, -0.1) is 11.3 Å². The van der Waals surface area contributed by atoms with Crippen LogP contribution in [0.1, 0.15) is 22.0 Å². The molecule has 1 aromatic heterocycles. The summed E-state index contributed by atoms with van der Waals surface area (Å²) in [5.74, 6) is 0.601. The first-order chi connectivity index (χ1) is 8.11. The fraction of sp³-hybridized carbons (Fsp3) is 0.231. The van der Waals surface area contributed by atoms with Crippen LogP contribution in [0.2, 0.25) is 0 Å². The number of rotatable bonds is 3. The van der Waals surface area contributed by atoms with Crippen LogP contribution >= 0.6 is 11.3 Å². The molecule has 0 bridgehead atoms. The van der Waals surface area contributed by atoms with E-state index in [-0.39, 0.29) is 11.9 Å². The van der Waals surface area contributed by atoms with Gasteiger partial charge in [-0.2, -0.15) is 0 Å². The zero-order chi connectivity index (χ0) is 12.4. The number of aryl methyl sites for hydroxylation is 1. The summed E-state index contributed by atoms with van der Waals surface area (Å²) in [5.41, 5.74) is 7.66. The van der Waals surface area contributed by atoms with Crippen molar-refractivity contribution in [2.45, 2.75) is 13.0 Å². The summed E-state index contributed by atoms with van der Waals surface area (Å²) in [6, 6.07) is 6.64. The molecule has 0 aliphatic rings. The van der Waals surface area contributed by atoms with E-state index in [1.165, 1.54) is 6.07 Å². The number of hydrogen-bond acceptors (Lipinski definition) is 3. The minimum atomic E-state index is -0.233. The second-order valence-corrected chi connectivity index (χ2v) is 4.82. The zero-order valence-electron chi connectivity index (χ0n) is 9.74. The summed E-state index contributed by atoms with van der Waals surface area (Å²) in [7, 11) is 1.62. The monoisotopic (exact) mass is 251 g/mol. The highest BCUT2D eigenvalue weighted by molar-refractivity contribution is 7.10. The van der Waals surface area contributed by atoms with Crippen LogP contribution in [0.5, 0.6) is 5.75 Å². The van der Waals surface area contributed by atoms with Gasteiger partial charge in [0.2, 0.25) is 0 Å². The summed E-state index contributed by atoms with van der Waals surface area (Å²) in [6.45, 7) is 1.74. The predicted molar refractivity (Wildman–Crippen MR) is 68.0 cm³/mol. The molecular formula is C13H14FNOS. The molecule has 4 heteroatoms. The molecule has 1 heterocycles. The van der Waals surface area contributed by atoms with Crippen molar-refractivity contribution in [3.63, 3.8) is 0 Å². The molecular weight excluding hydrogens is 237 g/mol. The third-order valence-corrected chi connectivity index (χ3v) is 3.67. The van der Waals surface area contributed by atoms with Crippen molar-refractivity contribution < 1.29 is 9.13 Å². The maximum Gasteiger partial charge on any atom is 0.129 e. The molecule has 90 valence electrons. The Labute approximate surface area is 104 Å². The molecule has 0 saturated carbocycles. The Balaban J connectivity index is 2.29. The molecule has 1 atom stereocenters.